The minimum absolute atomic E-state index is 0.321. The molecule has 0 aliphatic carbocycles. The smallest absolute Gasteiger partial charge is 0.268 e. The van der Waals surface area contributed by atoms with Crippen molar-refractivity contribution in [2.75, 3.05) is 0 Å². The Labute approximate surface area is 131 Å². The number of nitrogens with one attached hydrogen (secondary N) is 2. The van der Waals surface area contributed by atoms with E-state index in [4.69, 9.17) is 11.6 Å². The molecular weight excluding hydrogens is 307 g/mol. The van der Waals surface area contributed by atoms with Crippen molar-refractivity contribution in [3.63, 3.8) is 0 Å². The highest BCUT2D eigenvalue weighted by Crippen LogP contribution is 2.10. The molecular formula is C16H12ClFN2O2. The fourth-order valence-electron chi connectivity index (χ4n) is 1.64. The summed E-state index contributed by atoms with van der Waals surface area (Å²) in [4.78, 5) is 23.3. The Morgan fingerprint density at radius 3 is 2.55 bits per heavy atom. The molecule has 0 saturated carbocycles. The lowest BCUT2D eigenvalue weighted by Gasteiger charge is -2.05. The first-order valence-corrected chi connectivity index (χ1v) is 6.72. The molecule has 2 aromatic rings. The maximum absolute atomic E-state index is 13.0. The number of hydrazine groups is 1. The Morgan fingerprint density at radius 1 is 1.05 bits per heavy atom. The summed E-state index contributed by atoms with van der Waals surface area (Å²) in [6, 6.07) is 12.1. The summed E-state index contributed by atoms with van der Waals surface area (Å²) >= 11 is 5.77. The van der Waals surface area contributed by atoms with Crippen LogP contribution in [0, 0.1) is 5.82 Å². The van der Waals surface area contributed by atoms with Crippen molar-refractivity contribution >= 4 is 29.5 Å². The molecule has 2 aromatic carbocycles. The lowest BCUT2D eigenvalue weighted by Crippen LogP contribution is -2.40. The van der Waals surface area contributed by atoms with Gasteiger partial charge in [0.25, 0.3) is 11.8 Å². The summed E-state index contributed by atoms with van der Waals surface area (Å²) < 4.78 is 13.0. The van der Waals surface area contributed by atoms with Gasteiger partial charge in [0, 0.05) is 16.7 Å². The second-order valence-electron chi connectivity index (χ2n) is 4.34. The van der Waals surface area contributed by atoms with Crippen molar-refractivity contribution in [1.82, 2.24) is 10.9 Å². The van der Waals surface area contributed by atoms with E-state index < -0.39 is 17.6 Å². The van der Waals surface area contributed by atoms with Crippen LogP contribution >= 0.6 is 11.6 Å². The summed E-state index contributed by atoms with van der Waals surface area (Å²) in [5.41, 5.74) is 5.33. The number of amides is 2. The Balaban J connectivity index is 1.89. The average Bonchev–Trinajstić information content (AvgIpc) is 2.50. The van der Waals surface area contributed by atoms with Crippen molar-refractivity contribution in [2.24, 2.45) is 0 Å². The number of hydrogen-bond donors (Lipinski definition) is 2. The molecule has 0 fully saturated rings. The molecule has 0 unspecified atom stereocenters. The van der Waals surface area contributed by atoms with Gasteiger partial charge in [0.2, 0.25) is 0 Å². The zero-order valence-corrected chi connectivity index (χ0v) is 12.1. The van der Waals surface area contributed by atoms with Crippen LogP contribution in [0.2, 0.25) is 5.02 Å². The zero-order valence-electron chi connectivity index (χ0n) is 11.3. The number of benzene rings is 2. The molecule has 0 bridgehead atoms. The number of hydrogen-bond acceptors (Lipinski definition) is 2. The number of carbonyl (C=O) groups excluding carboxylic acids is 2. The molecule has 0 heterocycles. The molecule has 2 rings (SSSR count). The quantitative estimate of drug-likeness (QED) is 0.675. The Hall–Kier alpha value is -2.66. The van der Waals surface area contributed by atoms with Crippen molar-refractivity contribution in [3.05, 3.63) is 76.6 Å². The van der Waals surface area contributed by atoms with Crippen LogP contribution in [0.3, 0.4) is 0 Å². The fraction of sp³-hybridized carbons (Fsp3) is 0. The van der Waals surface area contributed by atoms with Gasteiger partial charge in [-0.05, 0) is 42.0 Å². The third-order valence-corrected chi connectivity index (χ3v) is 2.90. The summed E-state index contributed by atoms with van der Waals surface area (Å²) in [6.45, 7) is 0. The van der Waals surface area contributed by atoms with Gasteiger partial charge in [-0.1, -0.05) is 29.8 Å². The summed E-state index contributed by atoms with van der Waals surface area (Å²) in [7, 11) is 0. The van der Waals surface area contributed by atoms with Crippen molar-refractivity contribution in [2.45, 2.75) is 0 Å². The molecule has 0 atom stereocenters. The van der Waals surface area contributed by atoms with E-state index in [1.807, 2.05) is 0 Å². The topological polar surface area (TPSA) is 58.2 Å². The average molecular weight is 319 g/mol. The van der Waals surface area contributed by atoms with E-state index in [0.717, 1.165) is 0 Å². The Kier molecular flexibility index (Phi) is 5.27. The SMILES string of the molecule is O=C(C=Cc1cccc(F)c1)NNC(=O)c1cccc(Cl)c1. The number of rotatable bonds is 3. The van der Waals surface area contributed by atoms with Crippen LogP contribution in [0.5, 0.6) is 0 Å². The van der Waals surface area contributed by atoms with Gasteiger partial charge >= 0.3 is 0 Å². The van der Waals surface area contributed by atoms with Crippen LogP contribution in [0.4, 0.5) is 4.39 Å². The highest BCUT2D eigenvalue weighted by molar-refractivity contribution is 6.30. The summed E-state index contributed by atoms with van der Waals surface area (Å²) in [5.74, 6) is -1.42. The van der Waals surface area contributed by atoms with Crippen LogP contribution in [0.15, 0.2) is 54.6 Å². The first kappa shape index (κ1) is 15.7. The first-order chi connectivity index (χ1) is 10.5. The van der Waals surface area contributed by atoms with Gasteiger partial charge in [-0.3, -0.25) is 20.4 Å². The van der Waals surface area contributed by atoms with Crippen molar-refractivity contribution < 1.29 is 14.0 Å². The molecule has 0 saturated heterocycles. The maximum atomic E-state index is 13.0. The van der Waals surface area contributed by atoms with Gasteiger partial charge in [0.05, 0.1) is 0 Å². The normalized spacial score (nSPS) is 10.5. The van der Waals surface area contributed by atoms with Crippen LogP contribution in [0.1, 0.15) is 15.9 Å². The van der Waals surface area contributed by atoms with E-state index in [-0.39, 0.29) is 0 Å². The van der Waals surface area contributed by atoms with E-state index >= 15 is 0 Å². The minimum Gasteiger partial charge on any atom is -0.268 e. The predicted molar refractivity (Wildman–Crippen MR) is 82.5 cm³/mol. The van der Waals surface area contributed by atoms with Crippen LogP contribution in [-0.4, -0.2) is 11.8 Å². The summed E-state index contributed by atoms with van der Waals surface area (Å²) in [6.07, 6.45) is 2.62. The molecule has 4 nitrogen and oxygen atoms in total. The molecule has 22 heavy (non-hydrogen) atoms. The van der Waals surface area contributed by atoms with Crippen molar-refractivity contribution in [1.29, 1.82) is 0 Å². The number of carbonyl (C=O) groups is 2. The molecule has 2 N–H and O–H groups in total. The molecule has 0 spiro atoms. The van der Waals surface area contributed by atoms with Gasteiger partial charge in [0.1, 0.15) is 5.82 Å². The Bertz CT molecular complexity index is 732. The van der Waals surface area contributed by atoms with E-state index in [1.54, 1.807) is 24.3 Å². The molecule has 0 aromatic heterocycles. The molecule has 6 heteroatoms. The summed E-state index contributed by atoms with van der Waals surface area (Å²) in [5, 5.41) is 0.421. The van der Waals surface area contributed by atoms with Crippen LogP contribution < -0.4 is 10.9 Å². The second-order valence-corrected chi connectivity index (χ2v) is 4.78. The van der Waals surface area contributed by atoms with E-state index in [1.165, 1.54) is 36.4 Å². The van der Waals surface area contributed by atoms with Crippen LogP contribution in [-0.2, 0) is 4.79 Å². The lowest BCUT2D eigenvalue weighted by atomic mass is 10.2. The first-order valence-electron chi connectivity index (χ1n) is 6.34. The van der Waals surface area contributed by atoms with E-state index in [9.17, 15) is 14.0 Å². The fourth-order valence-corrected chi connectivity index (χ4v) is 1.83. The second kappa shape index (κ2) is 7.38. The number of halogens is 2. The molecule has 0 aliphatic rings. The van der Waals surface area contributed by atoms with E-state index in [2.05, 4.69) is 10.9 Å². The molecule has 112 valence electrons. The third kappa shape index (κ3) is 4.71. The predicted octanol–water partition coefficient (Wildman–Crippen LogP) is 2.95. The highest BCUT2D eigenvalue weighted by atomic mass is 35.5. The van der Waals surface area contributed by atoms with E-state index in [0.29, 0.717) is 16.1 Å². The lowest BCUT2D eigenvalue weighted by molar-refractivity contribution is -0.117. The highest BCUT2D eigenvalue weighted by Gasteiger charge is 2.06. The van der Waals surface area contributed by atoms with Gasteiger partial charge in [0.15, 0.2) is 0 Å². The van der Waals surface area contributed by atoms with Gasteiger partial charge < -0.3 is 0 Å². The van der Waals surface area contributed by atoms with Crippen molar-refractivity contribution in [3.8, 4) is 0 Å². The van der Waals surface area contributed by atoms with Crippen LogP contribution in [0.25, 0.3) is 6.08 Å². The van der Waals surface area contributed by atoms with Gasteiger partial charge in [-0.15, -0.1) is 0 Å². The minimum atomic E-state index is -0.542. The molecule has 2 amide bonds. The maximum Gasteiger partial charge on any atom is 0.269 e. The Morgan fingerprint density at radius 2 is 1.82 bits per heavy atom. The third-order valence-electron chi connectivity index (χ3n) is 2.66. The molecule has 0 radical (unpaired) electrons. The standard InChI is InChI=1S/C16H12ClFN2O2/c17-13-5-2-4-12(10-13)16(22)20-19-15(21)8-7-11-3-1-6-14(18)9-11/h1-10H,(H,19,21)(H,20,22). The van der Waals surface area contributed by atoms with Gasteiger partial charge in [-0.2, -0.15) is 0 Å². The molecule has 0 aliphatic heterocycles. The van der Waals surface area contributed by atoms with Gasteiger partial charge in [-0.25, -0.2) is 4.39 Å². The monoisotopic (exact) mass is 318 g/mol. The zero-order chi connectivity index (χ0) is 15.9. The largest absolute Gasteiger partial charge is 0.269 e.